The van der Waals surface area contributed by atoms with E-state index in [-0.39, 0.29) is 12.3 Å². The van der Waals surface area contributed by atoms with Crippen LogP contribution in [-0.2, 0) is 6.61 Å². The molecule has 0 amide bonds. The standard InChI is InChI=1S/C13H9BrClNO3/c14-10-1-4-12(5-2-10)19-8-9-7-11(15)3-6-13(9)16(17)18/h1-7H,8H2. The Labute approximate surface area is 123 Å². The van der Waals surface area contributed by atoms with Gasteiger partial charge in [-0.3, -0.25) is 10.1 Å². The highest BCUT2D eigenvalue weighted by molar-refractivity contribution is 9.10. The summed E-state index contributed by atoms with van der Waals surface area (Å²) in [5, 5.41) is 11.3. The Morgan fingerprint density at radius 1 is 1.21 bits per heavy atom. The maximum atomic E-state index is 10.9. The number of hydrogen-bond acceptors (Lipinski definition) is 3. The molecule has 2 rings (SSSR count). The maximum absolute atomic E-state index is 10.9. The van der Waals surface area contributed by atoms with Gasteiger partial charge in [0.05, 0.1) is 10.5 Å². The quantitative estimate of drug-likeness (QED) is 0.603. The molecule has 0 aliphatic carbocycles. The van der Waals surface area contributed by atoms with Crippen molar-refractivity contribution in [1.29, 1.82) is 0 Å². The van der Waals surface area contributed by atoms with Gasteiger partial charge in [-0.05, 0) is 36.4 Å². The Bertz CT molecular complexity index is 601. The average molecular weight is 343 g/mol. The first-order chi connectivity index (χ1) is 9.06. The first-order valence-corrected chi connectivity index (χ1v) is 6.54. The molecule has 0 saturated carbocycles. The monoisotopic (exact) mass is 341 g/mol. The molecule has 0 fully saturated rings. The topological polar surface area (TPSA) is 52.4 Å². The van der Waals surface area contributed by atoms with Crippen LogP contribution in [-0.4, -0.2) is 4.92 Å². The zero-order chi connectivity index (χ0) is 13.8. The van der Waals surface area contributed by atoms with E-state index in [1.807, 2.05) is 12.1 Å². The second kappa shape index (κ2) is 6.04. The van der Waals surface area contributed by atoms with Crippen molar-refractivity contribution >= 4 is 33.2 Å². The Morgan fingerprint density at radius 2 is 1.89 bits per heavy atom. The normalized spacial score (nSPS) is 10.2. The first-order valence-electron chi connectivity index (χ1n) is 5.37. The van der Waals surface area contributed by atoms with Crippen molar-refractivity contribution in [3.05, 3.63) is 67.6 Å². The van der Waals surface area contributed by atoms with Crippen LogP contribution in [0, 0.1) is 10.1 Å². The third-order valence-corrected chi connectivity index (χ3v) is 3.21. The Kier molecular flexibility index (Phi) is 4.39. The third kappa shape index (κ3) is 3.68. The van der Waals surface area contributed by atoms with E-state index in [4.69, 9.17) is 16.3 Å². The largest absolute Gasteiger partial charge is 0.489 e. The van der Waals surface area contributed by atoms with E-state index in [0.29, 0.717) is 16.3 Å². The average Bonchev–Trinajstić information content (AvgIpc) is 2.38. The van der Waals surface area contributed by atoms with Crippen LogP contribution in [0.15, 0.2) is 46.9 Å². The lowest BCUT2D eigenvalue weighted by Gasteiger charge is -2.07. The van der Waals surface area contributed by atoms with Gasteiger partial charge in [0.2, 0.25) is 0 Å². The van der Waals surface area contributed by atoms with Crippen molar-refractivity contribution in [2.24, 2.45) is 0 Å². The van der Waals surface area contributed by atoms with Gasteiger partial charge >= 0.3 is 0 Å². The van der Waals surface area contributed by atoms with Crippen LogP contribution >= 0.6 is 27.5 Å². The molecule has 0 aromatic heterocycles. The minimum absolute atomic E-state index is 0.00140. The van der Waals surface area contributed by atoms with Crippen LogP contribution in [0.4, 0.5) is 5.69 Å². The molecule has 0 unspecified atom stereocenters. The summed E-state index contributed by atoms with van der Waals surface area (Å²) in [6.07, 6.45) is 0. The lowest BCUT2D eigenvalue weighted by molar-refractivity contribution is -0.385. The van der Waals surface area contributed by atoms with Gasteiger partial charge in [0.25, 0.3) is 5.69 Å². The zero-order valence-corrected chi connectivity index (χ0v) is 12.0. The number of nitro groups is 1. The van der Waals surface area contributed by atoms with Gasteiger partial charge in [-0.25, -0.2) is 0 Å². The number of rotatable bonds is 4. The fourth-order valence-corrected chi connectivity index (χ4v) is 2.00. The summed E-state index contributed by atoms with van der Waals surface area (Å²) < 4.78 is 6.45. The second-order valence-corrected chi connectivity index (χ2v) is 5.12. The molecular weight excluding hydrogens is 334 g/mol. The Balaban J connectivity index is 2.16. The van der Waals surface area contributed by atoms with E-state index in [0.717, 1.165) is 4.47 Å². The molecule has 0 aliphatic heterocycles. The van der Waals surface area contributed by atoms with Gasteiger partial charge < -0.3 is 4.74 Å². The molecule has 0 radical (unpaired) electrons. The maximum Gasteiger partial charge on any atom is 0.276 e. The number of nitrogens with zero attached hydrogens (tertiary/aromatic N) is 1. The highest BCUT2D eigenvalue weighted by Crippen LogP contribution is 2.24. The number of nitro benzene ring substituents is 1. The van der Waals surface area contributed by atoms with Gasteiger partial charge in [-0.1, -0.05) is 27.5 Å². The Morgan fingerprint density at radius 3 is 2.53 bits per heavy atom. The van der Waals surface area contributed by atoms with Gasteiger partial charge in [-0.15, -0.1) is 0 Å². The summed E-state index contributed by atoms with van der Waals surface area (Å²) >= 11 is 9.16. The third-order valence-electron chi connectivity index (χ3n) is 2.45. The number of ether oxygens (including phenoxy) is 1. The molecule has 6 heteroatoms. The molecule has 0 aliphatic rings. The van der Waals surface area contributed by atoms with Gasteiger partial charge in [0.15, 0.2) is 0 Å². The van der Waals surface area contributed by atoms with Crippen molar-refractivity contribution in [3.63, 3.8) is 0 Å². The Hall–Kier alpha value is -1.59. The number of benzene rings is 2. The molecule has 98 valence electrons. The van der Waals surface area contributed by atoms with Crippen molar-refractivity contribution in [3.8, 4) is 5.75 Å². The molecule has 2 aromatic carbocycles. The molecule has 0 saturated heterocycles. The van der Waals surface area contributed by atoms with Crippen molar-refractivity contribution < 1.29 is 9.66 Å². The molecular formula is C13H9BrClNO3. The van der Waals surface area contributed by atoms with E-state index in [1.165, 1.54) is 12.1 Å². The summed E-state index contributed by atoms with van der Waals surface area (Å²) in [6.45, 7) is 0.0957. The van der Waals surface area contributed by atoms with Crippen molar-refractivity contribution in [2.45, 2.75) is 6.61 Å². The molecule has 0 atom stereocenters. The van der Waals surface area contributed by atoms with Crippen LogP contribution in [0.2, 0.25) is 5.02 Å². The van der Waals surface area contributed by atoms with E-state index < -0.39 is 4.92 Å². The van der Waals surface area contributed by atoms with Crippen LogP contribution in [0.1, 0.15) is 5.56 Å². The van der Waals surface area contributed by atoms with Gasteiger partial charge in [0.1, 0.15) is 12.4 Å². The molecule has 0 N–H and O–H groups in total. The predicted octanol–water partition coefficient (Wildman–Crippen LogP) is 4.59. The molecule has 2 aromatic rings. The fourth-order valence-electron chi connectivity index (χ4n) is 1.54. The molecule has 0 bridgehead atoms. The predicted molar refractivity (Wildman–Crippen MR) is 76.6 cm³/mol. The van der Waals surface area contributed by atoms with E-state index in [1.54, 1.807) is 18.2 Å². The lowest BCUT2D eigenvalue weighted by Crippen LogP contribution is -2.00. The van der Waals surface area contributed by atoms with Crippen LogP contribution < -0.4 is 4.74 Å². The summed E-state index contributed by atoms with van der Waals surface area (Å²) in [7, 11) is 0. The van der Waals surface area contributed by atoms with E-state index in [9.17, 15) is 10.1 Å². The fraction of sp³-hybridized carbons (Fsp3) is 0.0769. The highest BCUT2D eigenvalue weighted by Gasteiger charge is 2.14. The smallest absolute Gasteiger partial charge is 0.276 e. The van der Waals surface area contributed by atoms with Crippen LogP contribution in [0.25, 0.3) is 0 Å². The molecule has 4 nitrogen and oxygen atoms in total. The lowest BCUT2D eigenvalue weighted by atomic mass is 10.2. The number of hydrogen-bond donors (Lipinski definition) is 0. The SMILES string of the molecule is O=[N+]([O-])c1ccc(Cl)cc1COc1ccc(Br)cc1. The van der Waals surface area contributed by atoms with Gasteiger partial charge in [0, 0.05) is 15.6 Å². The minimum Gasteiger partial charge on any atom is -0.489 e. The summed E-state index contributed by atoms with van der Waals surface area (Å²) in [6, 6.07) is 11.6. The van der Waals surface area contributed by atoms with E-state index in [2.05, 4.69) is 15.9 Å². The first kappa shape index (κ1) is 13.8. The van der Waals surface area contributed by atoms with E-state index >= 15 is 0 Å². The number of halogens is 2. The molecule has 19 heavy (non-hydrogen) atoms. The van der Waals surface area contributed by atoms with Crippen molar-refractivity contribution in [1.82, 2.24) is 0 Å². The summed E-state index contributed by atoms with van der Waals surface area (Å²) in [5.74, 6) is 0.637. The second-order valence-electron chi connectivity index (χ2n) is 3.77. The summed E-state index contributed by atoms with van der Waals surface area (Å²) in [5.41, 5.74) is 0.446. The molecule has 0 heterocycles. The minimum atomic E-state index is -0.448. The van der Waals surface area contributed by atoms with Crippen LogP contribution in [0.5, 0.6) is 5.75 Å². The molecule has 0 spiro atoms. The highest BCUT2D eigenvalue weighted by atomic mass is 79.9. The van der Waals surface area contributed by atoms with Gasteiger partial charge in [-0.2, -0.15) is 0 Å². The zero-order valence-electron chi connectivity index (χ0n) is 9.68. The van der Waals surface area contributed by atoms with Crippen LogP contribution in [0.3, 0.4) is 0 Å². The van der Waals surface area contributed by atoms with Crippen molar-refractivity contribution in [2.75, 3.05) is 0 Å². The summed E-state index contributed by atoms with van der Waals surface area (Å²) in [4.78, 5) is 10.4.